The Balaban J connectivity index is 2.83. The van der Waals surface area contributed by atoms with Gasteiger partial charge in [0.15, 0.2) is 0 Å². The van der Waals surface area contributed by atoms with Gasteiger partial charge in [0.1, 0.15) is 5.82 Å². The maximum Gasteiger partial charge on any atom is 0.146 e. The van der Waals surface area contributed by atoms with Gasteiger partial charge in [-0.3, -0.25) is 0 Å². The summed E-state index contributed by atoms with van der Waals surface area (Å²) < 4.78 is 0. The van der Waals surface area contributed by atoms with Crippen LogP contribution in [0.3, 0.4) is 0 Å². The van der Waals surface area contributed by atoms with Gasteiger partial charge in [0.25, 0.3) is 0 Å². The van der Waals surface area contributed by atoms with Crippen molar-refractivity contribution in [1.82, 2.24) is 5.01 Å². The second kappa shape index (κ2) is 3.34. The highest BCUT2D eigenvalue weighted by Crippen LogP contribution is 2.14. The number of hydrazone groups is 1. The van der Waals surface area contributed by atoms with Crippen LogP contribution in [-0.2, 0) is 0 Å². The fourth-order valence-electron chi connectivity index (χ4n) is 0.921. The van der Waals surface area contributed by atoms with E-state index < -0.39 is 0 Å². The second-order valence-electron chi connectivity index (χ2n) is 2.91. The molecule has 0 amide bonds. The Kier molecular flexibility index (Phi) is 2.43. The molecule has 0 saturated heterocycles. The van der Waals surface area contributed by atoms with Crippen molar-refractivity contribution in [1.29, 1.82) is 0 Å². The summed E-state index contributed by atoms with van der Waals surface area (Å²) in [6.45, 7) is 11.3. The van der Waals surface area contributed by atoms with Gasteiger partial charge in [-0.15, -0.1) is 0 Å². The molecular weight excluding hydrogens is 150 g/mol. The molecule has 12 heavy (non-hydrogen) atoms. The van der Waals surface area contributed by atoms with Gasteiger partial charge in [-0.25, -0.2) is 10.0 Å². The van der Waals surface area contributed by atoms with Gasteiger partial charge in [-0.2, -0.15) is 5.10 Å². The smallest absolute Gasteiger partial charge is 0.146 e. The van der Waals surface area contributed by atoms with E-state index in [1.54, 1.807) is 5.01 Å². The van der Waals surface area contributed by atoms with E-state index in [4.69, 9.17) is 0 Å². The van der Waals surface area contributed by atoms with Crippen molar-refractivity contribution in [3.8, 4) is 0 Å². The first-order chi connectivity index (χ1) is 5.65. The summed E-state index contributed by atoms with van der Waals surface area (Å²) in [6.07, 6.45) is 3.74. The summed E-state index contributed by atoms with van der Waals surface area (Å²) in [5, 5.41) is 5.26. The predicted molar refractivity (Wildman–Crippen MR) is 51.9 cm³/mol. The van der Waals surface area contributed by atoms with E-state index >= 15 is 0 Å². The molecule has 0 bridgehead atoms. The Morgan fingerprint density at radius 3 is 2.67 bits per heavy atom. The van der Waals surface area contributed by atoms with Crippen molar-refractivity contribution < 1.29 is 0 Å². The molecule has 0 saturated carbocycles. The molecule has 0 radical (unpaired) electrons. The zero-order valence-corrected chi connectivity index (χ0v) is 7.49. The standard InChI is InChI=1S/C9H13N3/c1-7(2)9-5-6-12(10-4)8(3)11-9/h5-7H,3-4H2,1-2H3. The first-order valence-corrected chi connectivity index (χ1v) is 3.86. The average Bonchev–Trinajstić information content (AvgIpc) is 2.04. The lowest BCUT2D eigenvalue weighted by Crippen LogP contribution is -2.16. The zero-order valence-electron chi connectivity index (χ0n) is 7.49. The fraction of sp³-hybridized carbons (Fsp3) is 0.333. The van der Waals surface area contributed by atoms with Crippen LogP contribution >= 0.6 is 0 Å². The summed E-state index contributed by atoms with van der Waals surface area (Å²) in [7, 11) is 0. The van der Waals surface area contributed by atoms with Crippen LogP contribution in [0.5, 0.6) is 0 Å². The van der Waals surface area contributed by atoms with Gasteiger partial charge in [-0.05, 0) is 12.0 Å². The van der Waals surface area contributed by atoms with Crippen LogP contribution in [-0.4, -0.2) is 17.4 Å². The van der Waals surface area contributed by atoms with E-state index in [0.717, 1.165) is 5.71 Å². The van der Waals surface area contributed by atoms with E-state index in [1.165, 1.54) is 0 Å². The van der Waals surface area contributed by atoms with Crippen LogP contribution in [0.4, 0.5) is 0 Å². The third-order valence-electron chi connectivity index (χ3n) is 1.65. The summed E-state index contributed by atoms with van der Waals surface area (Å²) in [4.78, 5) is 4.26. The SMILES string of the molecule is C=NN1C=CC(C(C)C)=NC1=C. The third kappa shape index (κ3) is 1.61. The van der Waals surface area contributed by atoms with E-state index in [2.05, 4.69) is 37.2 Å². The predicted octanol–water partition coefficient (Wildman–Crippen LogP) is 2.00. The molecule has 0 unspecified atom stereocenters. The first kappa shape index (κ1) is 8.71. The molecule has 1 rings (SSSR count). The number of nitrogens with zero attached hydrogens (tertiary/aromatic N) is 3. The Morgan fingerprint density at radius 2 is 2.25 bits per heavy atom. The molecule has 64 valence electrons. The van der Waals surface area contributed by atoms with Crippen molar-refractivity contribution in [2.45, 2.75) is 13.8 Å². The van der Waals surface area contributed by atoms with Gasteiger partial charge >= 0.3 is 0 Å². The molecule has 0 fully saturated rings. The molecule has 0 aromatic rings. The summed E-state index contributed by atoms with van der Waals surface area (Å²) in [5.41, 5.74) is 1.03. The molecule has 0 N–H and O–H groups in total. The Labute approximate surface area is 72.8 Å². The minimum atomic E-state index is 0.421. The van der Waals surface area contributed by atoms with Crippen LogP contribution in [0.1, 0.15) is 13.8 Å². The van der Waals surface area contributed by atoms with Crippen LogP contribution in [0, 0.1) is 5.92 Å². The van der Waals surface area contributed by atoms with E-state index in [9.17, 15) is 0 Å². The largest absolute Gasteiger partial charge is 0.234 e. The van der Waals surface area contributed by atoms with Crippen LogP contribution in [0.25, 0.3) is 0 Å². The van der Waals surface area contributed by atoms with Crippen LogP contribution < -0.4 is 0 Å². The lowest BCUT2D eigenvalue weighted by atomic mass is 10.1. The van der Waals surface area contributed by atoms with Crippen molar-refractivity contribution in [2.75, 3.05) is 0 Å². The van der Waals surface area contributed by atoms with Gasteiger partial charge < -0.3 is 0 Å². The fourth-order valence-corrected chi connectivity index (χ4v) is 0.921. The minimum absolute atomic E-state index is 0.421. The van der Waals surface area contributed by atoms with E-state index in [0.29, 0.717) is 11.7 Å². The van der Waals surface area contributed by atoms with Gasteiger partial charge in [0.05, 0.1) is 0 Å². The summed E-state index contributed by atoms with van der Waals surface area (Å²) in [6, 6.07) is 0. The maximum atomic E-state index is 4.26. The molecule has 0 aromatic carbocycles. The molecule has 1 aliphatic heterocycles. The molecule has 3 heteroatoms. The Hall–Kier alpha value is -1.38. The highest BCUT2D eigenvalue weighted by Gasteiger charge is 2.10. The zero-order chi connectivity index (χ0) is 9.14. The topological polar surface area (TPSA) is 28.0 Å². The van der Waals surface area contributed by atoms with Crippen molar-refractivity contribution in [3.63, 3.8) is 0 Å². The number of rotatable bonds is 2. The van der Waals surface area contributed by atoms with Crippen molar-refractivity contribution in [3.05, 3.63) is 24.7 Å². The second-order valence-corrected chi connectivity index (χ2v) is 2.91. The normalized spacial score (nSPS) is 16.8. The molecule has 0 aromatic heterocycles. The Morgan fingerprint density at radius 1 is 1.58 bits per heavy atom. The molecular formula is C9H13N3. The Bertz CT molecular complexity index is 261. The lowest BCUT2D eigenvalue weighted by molar-refractivity contribution is 0.494. The maximum absolute atomic E-state index is 4.26. The molecule has 0 atom stereocenters. The van der Waals surface area contributed by atoms with Crippen molar-refractivity contribution in [2.24, 2.45) is 16.0 Å². The molecule has 0 aliphatic carbocycles. The average molecular weight is 163 g/mol. The van der Waals surface area contributed by atoms with E-state index in [-0.39, 0.29) is 0 Å². The number of hydrogen-bond acceptors (Lipinski definition) is 3. The van der Waals surface area contributed by atoms with Gasteiger partial charge in [0, 0.05) is 18.6 Å². The summed E-state index contributed by atoms with van der Waals surface area (Å²) >= 11 is 0. The van der Waals surface area contributed by atoms with Gasteiger partial charge in [-0.1, -0.05) is 20.4 Å². The van der Waals surface area contributed by atoms with Gasteiger partial charge in [0.2, 0.25) is 0 Å². The minimum Gasteiger partial charge on any atom is -0.234 e. The third-order valence-corrected chi connectivity index (χ3v) is 1.65. The highest BCUT2D eigenvalue weighted by molar-refractivity contribution is 5.97. The molecule has 3 nitrogen and oxygen atoms in total. The quantitative estimate of drug-likeness (QED) is 0.572. The monoisotopic (exact) mass is 163 g/mol. The van der Waals surface area contributed by atoms with Crippen LogP contribution in [0.15, 0.2) is 34.8 Å². The number of allylic oxidation sites excluding steroid dienone is 1. The molecule has 1 aliphatic rings. The highest BCUT2D eigenvalue weighted by atomic mass is 15.5. The van der Waals surface area contributed by atoms with Crippen LogP contribution in [0.2, 0.25) is 0 Å². The molecule has 1 heterocycles. The number of hydrogen-bond donors (Lipinski definition) is 0. The van der Waals surface area contributed by atoms with Crippen molar-refractivity contribution >= 4 is 12.4 Å². The summed E-state index contributed by atoms with van der Waals surface area (Å²) in [5.74, 6) is 1.04. The number of aliphatic imine (C=N–C) groups is 1. The first-order valence-electron chi connectivity index (χ1n) is 3.86. The molecule has 0 spiro atoms. The van der Waals surface area contributed by atoms with E-state index in [1.807, 2.05) is 12.3 Å². The lowest BCUT2D eigenvalue weighted by Gasteiger charge is -2.19.